The summed E-state index contributed by atoms with van der Waals surface area (Å²) in [5.41, 5.74) is 1.89. The number of hydrogen-bond acceptors (Lipinski definition) is 4. The van der Waals surface area contributed by atoms with Gasteiger partial charge in [-0.25, -0.2) is 4.98 Å². The predicted octanol–water partition coefficient (Wildman–Crippen LogP) is 1.52. The van der Waals surface area contributed by atoms with Gasteiger partial charge in [-0.15, -0.1) is 11.3 Å². The molecule has 0 aliphatic rings. The number of aliphatic hydroxyl groups is 1. The molecule has 0 aromatic carbocycles. The van der Waals surface area contributed by atoms with E-state index < -0.39 is 0 Å². The first kappa shape index (κ1) is 9.36. The molecule has 0 aliphatic carbocycles. The Morgan fingerprint density at radius 1 is 1.57 bits per heavy atom. The van der Waals surface area contributed by atoms with Crippen LogP contribution in [-0.4, -0.2) is 19.9 Å². The summed E-state index contributed by atoms with van der Waals surface area (Å²) in [5.74, 6) is 0. The summed E-state index contributed by atoms with van der Waals surface area (Å²) < 4.78 is 1.85. The quantitative estimate of drug-likeness (QED) is 0.833. The molecule has 1 N–H and O–H groups in total. The highest BCUT2D eigenvalue weighted by molar-refractivity contribution is 7.09. The molecule has 0 radical (unpaired) electrons. The summed E-state index contributed by atoms with van der Waals surface area (Å²) in [6.45, 7) is 2.90. The third-order valence-corrected chi connectivity index (χ3v) is 2.77. The highest BCUT2D eigenvalue weighted by Gasteiger charge is 2.05. The van der Waals surface area contributed by atoms with Crippen molar-refractivity contribution < 1.29 is 5.11 Å². The van der Waals surface area contributed by atoms with Gasteiger partial charge in [-0.2, -0.15) is 5.10 Å². The zero-order valence-corrected chi connectivity index (χ0v) is 8.66. The van der Waals surface area contributed by atoms with Gasteiger partial charge in [0.05, 0.1) is 18.5 Å². The number of thiazole rings is 1. The molecule has 0 fully saturated rings. The van der Waals surface area contributed by atoms with E-state index in [2.05, 4.69) is 10.1 Å². The lowest BCUT2D eigenvalue weighted by Crippen LogP contribution is -1.91. The van der Waals surface area contributed by atoms with Crippen LogP contribution in [0.3, 0.4) is 0 Å². The van der Waals surface area contributed by atoms with Crippen molar-refractivity contribution in [2.45, 2.75) is 20.1 Å². The first-order chi connectivity index (χ1) is 6.83. The number of rotatable bonds is 3. The van der Waals surface area contributed by atoms with Gasteiger partial charge < -0.3 is 5.11 Å². The van der Waals surface area contributed by atoms with Crippen LogP contribution in [0.25, 0.3) is 11.3 Å². The van der Waals surface area contributed by atoms with E-state index in [1.54, 1.807) is 6.20 Å². The number of hydrogen-bond donors (Lipinski definition) is 1. The van der Waals surface area contributed by atoms with Crippen LogP contribution in [0.5, 0.6) is 0 Å². The Bertz CT molecular complexity index is 381. The van der Waals surface area contributed by atoms with E-state index in [4.69, 9.17) is 5.11 Å². The molecule has 0 aliphatic heterocycles. The molecule has 2 heterocycles. The normalized spacial score (nSPS) is 10.7. The van der Waals surface area contributed by atoms with Gasteiger partial charge in [-0.3, -0.25) is 4.68 Å². The second kappa shape index (κ2) is 3.89. The summed E-state index contributed by atoms with van der Waals surface area (Å²) in [7, 11) is 0. The van der Waals surface area contributed by atoms with Gasteiger partial charge in [-0.05, 0) is 6.92 Å². The fourth-order valence-electron chi connectivity index (χ4n) is 1.18. The molecule has 74 valence electrons. The molecule has 0 amide bonds. The van der Waals surface area contributed by atoms with E-state index in [1.165, 1.54) is 11.3 Å². The van der Waals surface area contributed by atoms with E-state index in [0.29, 0.717) is 0 Å². The van der Waals surface area contributed by atoms with Gasteiger partial charge in [0.2, 0.25) is 0 Å². The molecule has 2 aromatic heterocycles. The molecule has 0 spiro atoms. The molecule has 4 nitrogen and oxygen atoms in total. The SMILES string of the molecule is CCn1cc(-c2csc(CO)n2)cn1. The second-order valence-corrected chi connectivity index (χ2v) is 3.81. The minimum Gasteiger partial charge on any atom is -0.389 e. The lowest BCUT2D eigenvalue weighted by Gasteiger charge is -1.90. The lowest BCUT2D eigenvalue weighted by molar-refractivity contribution is 0.281. The first-order valence-electron chi connectivity index (χ1n) is 4.41. The number of aromatic nitrogens is 3. The van der Waals surface area contributed by atoms with E-state index in [1.807, 2.05) is 23.2 Å². The maximum atomic E-state index is 8.88. The molecule has 0 saturated carbocycles. The Morgan fingerprint density at radius 3 is 3.00 bits per heavy atom. The number of aliphatic hydroxyl groups excluding tert-OH is 1. The molecule has 0 atom stereocenters. The van der Waals surface area contributed by atoms with E-state index in [0.717, 1.165) is 22.8 Å². The van der Waals surface area contributed by atoms with Gasteiger partial charge in [-0.1, -0.05) is 0 Å². The maximum Gasteiger partial charge on any atom is 0.119 e. The molecule has 0 bridgehead atoms. The van der Waals surface area contributed by atoms with E-state index >= 15 is 0 Å². The molecule has 2 rings (SSSR count). The average molecular weight is 209 g/mol. The van der Waals surface area contributed by atoms with E-state index in [9.17, 15) is 0 Å². The van der Waals surface area contributed by atoms with Crippen molar-refractivity contribution in [3.63, 3.8) is 0 Å². The van der Waals surface area contributed by atoms with Crippen molar-refractivity contribution in [3.8, 4) is 11.3 Å². The third-order valence-electron chi connectivity index (χ3n) is 1.94. The molecule has 0 unspecified atom stereocenters. The lowest BCUT2D eigenvalue weighted by atomic mass is 10.3. The second-order valence-electron chi connectivity index (χ2n) is 2.87. The fourth-order valence-corrected chi connectivity index (χ4v) is 1.85. The fraction of sp³-hybridized carbons (Fsp3) is 0.333. The third kappa shape index (κ3) is 1.69. The van der Waals surface area contributed by atoms with Crippen molar-refractivity contribution in [3.05, 3.63) is 22.8 Å². The molecule has 14 heavy (non-hydrogen) atoms. The molecule has 5 heteroatoms. The van der Waals surface area contributed by atoms with Crippen molar-refractivity contribution in [2.75, 3.05) is 0 Å². The van der Waals surface area contributed by atoms with Crippen molar-refractivity contribution in [1.82, 2.24) is 14.8 Å². The summed E-state index contributed by atoms with van der Waals surface area (Å²) in [4.78, 5) is 4.26. The van der Waals surface area contributed by atoms with Crippen LogP contribution < -0.4 is 0 Å². The van der Waals surface area contributed by atoms with Gasteiger partial charge in [0.1, 0.15) is 5.01 Å². The smallest absolute Gasteiger partial charge is 0.119 e. The number of aryl methyl sites for hydroxylation is 1. The summed E-state index contributed by atoms with van der Waals surface area (Å²) in [5, 5.41) is 15.7. The van der Waals surface area contributed by atoms with Crippen LogP contribution in [0, 0.1) is 0 Å². The van der Waals surface area contributed by atoms with Crippen molar-refractivity contribution in [1.29, 1.82) is 0 Å². The summed E-state index contributed by atoms with van der Waals surface area (Å²) in [6.07, 6.45) is 3.75. The van der Waals surface area contributed by atoms with Crippen LogP contribution in [0.4, 0.5) is 0 Å². The first-order valence-corrected chi connectivity index (χ1v) is 5.29. The Morgan fingerprint density at radius 2 is 2.43 bits per heavy atom. The van der Waals surface area contributed by atoms with Crippen LogP contribution in [0.2, 0.25) is 0 Å². The summed E-state index contributed by atoms with van der Waals surface area (Å²) >= 11 is 1.46. The minimum atomic E-state index is 0.00653. The highest BCUT2D eigenvalue weighted by atomic mass is 32.1. The standard InChI is InChI=1S/C9H11N3OS/c1-2-12-4-7(3-10-12)8-6-14-9(5-13)11-8/h3-4,6,13H,2,5H2,1H3. The molecular formula is C9H11N3OS. The largest absolute Gasteiger partial charge is 0.389 e. The van der Waals surface area contributed by atoms with Gasteiger partial charge in [0, 0.05) is 23.7 Å². The molecular weight excluding hydrogens is 198 g/mol. The minimum absolute atomic E-state index is 0.00653. The van der Waals surface area contributed by atoms with Gasteiger partial charge >= 0.3 is 0 Å². The van der Waals surface area contributed by atoms with Crippen molar-refractivity contribution >= 4 is 11.3 Å². The van der Waals surface area contributed by atoms with Crippen LogP contribution in [0.15, 0.2) is 17.8 Å². The number of nitrogens with zero attached hydrogens (tertiary/aromatic N) is 3. The predicted molar refractivity (Wildman–Crippen MR) is 54.9 cm³/mol. The topological polar surface area (TPSA) is 50.9 Å². The zero-order chi connectivity index (χ0) is 9.97. The van der Waals surface area contributed by atoms with E-state index in [-0.39, 0.29) is 6.61 Å². The maximum absolute atomic E-state index is 8.88. The Hall–Kier alpha value is -1.20. The monoisotopic (exact) mass is 209 g/mol. The molecule has 0 saturated heterocycles. The van der Waals surface area contributed by atoms with Crippen molar-refractivity contribution in [2.24, 2.45) is 0 Å². The average Bonchev–Trinajstić information content (AvgIpc) is 2.86. The Labute approximate surface area is 85.8 Å². The Kier molecular flexibility index (Phi) is 2.60. The van der Waals surface area contributed by atoms with Gasteiger partial charge in [0.15, 0.2) is 0 Å². The summed E-state index contributed by atoms with van der Waals surface area (Å²) in [6, 6.07) is 0. The van der Waals surface area contributed by atoms with Gasteiger partial charge in [0.25, 0.3) is 0 Å². The van der Waals surface area contributed by atoms with Crippen LogP contribution in [-0.2, 0) is 13.2 Å². The molecule has 2 aromatic rings. The van der Waals surface area contributed by atoms with Crippen LogP contribution >= 0.6 is 11.3 Å². The Balaban J connectivity index is 2.29. The van der Waals surface area contributed by atoms with Crippen LogP contribution in [0.1, 0.15) is 11.9 Å². The zero-order valence-electron chi connectivity index (χ0n) is 7.84. The highest BCUT2D eigenvalue weighted by Crippen LogP contribution is 2.21.